The molecule has 2 N–H and O–H groups in total. The lowest BCUT2D eigenvalue weighted by atomic mass is 9.97. The van der Waals surface area contributed by atoms with Crippen LogP contribution >= 0.6 is 11.8 Å². The van der Waals surface area contributed by atoms with E-state index in [1.54, 1.807) is 4.90 Å². The molecular formula is C12H22N2O3S. The summed E-state index contributed by atoms with van der Waals surface area (Å²) < 4.78 is 0. The van der Waals surface area contributed by atoms with E-state index >= 15 is 0 Å². The van der Waals surface area contributed by atoms with Crippen molar-refractivity contribution in [3.63, 3.8) is 0 Å². The van der Waals surface area contributed by atoms with E-state index in [0.717, 1.165) is 17.9 Å². The molecule has 6 heteroatoms. The number of nitrogens with one attached hydrogen (secondary N) is 1. The highest BCUT2D eigenvalue weighted by Gasteiger charge is 2.26. The second-order valence-corrected chi connectivity index (χ2v) is 5.78. The fourth-order valence-corrected chi connectivity index (χ4v) is 2.59. The summed E-state index contributed by atoms with van der Waals surface area (Å²) in [4.78, 5) is 24.3. The molecule has 2 amide bonds. The van der Waals surface area contributed by atoms with Crippen molar-refractivity contribution in [3.8, 4) is 0 Å². The summed E-state index contributed by atoms with van der Waals surface area (Å²) in [7, 11) is 0. The maximum absolute atomic E-state index is 11.8. The summed E-state index contributed by atoms with van der Waals surface area (Å²) >= 11 is 1.87. The molecule has 0 atom stereocenters. The Morgan fingerprint density at radius 3 is 2.61 bits per heavy atom. The third kappa shape index (κ3) is 5.16. The van der Waals surface area contributed by atoms with Gasteiger partial charge in [0.05, 0.1) is 5.92 Å². The molecule has 18 heavy (non-hydrogen) atoms. The first-order valence-corrected chi connectivity index (χ1v) is 7.64. The monoisotopic (exact) mass is 274 g/mol. The van der Waals surface area contributed by atoms with Crippen molar-refractivity contribution < 1.29 is 14.7 Å². The zero-order valence-corrected chi connectivity index (χ0v) is 11.7. The van der Waals surface area contributed by atoms with Gasteiger partial charge in [-0.25, -0.2) is 4.79 Å². The number of hydrogen-bond acceptors (Lipinski definition) is 3. The Bertz CT molecular complexity index is 278. The zero-order valence-electron chi connectivity index (χ0n) is 10.9. The first-order chi connectivity index (χ1) is 8.65. The number of urea groups is 1. The molecular weight excluding hydrogens is 252 g/mol. The highest BCUT2D eigenvalue weighted by Crippen LogP contribution is 2.17. The summed E-state index contributed by atoms with van der Waals surface area (Å²) in [6, 6.07) is -0.0552. The zero-order chi connectivity index (χ0) is 13.4. The number of nitrogens with zero attached hydrogens (tertiary/aromatic N) is 1. The first-order valence-electron chi connectivity index (χ1n) is 6.48. The Morgan fingerprint density at radius 1 is 1.39 bits per heavy atom. The average Bonchev–Trinajstić information content (AvgIpc) is 2.38. The molecule has 0 saturated carbocycles. The largest absolute Gasteiger partial charge is 0.481 e. The van der Waals surface area contributed by atoms with Gasteiger partial charge in [0.15, 0.2) is 0 Å². The Balaban J connectivity index is 2.14. The van der Waals surface area contributed by atoms with E-state index in [2.05, 4.69) is 12.2 Å². The molecule has 5 nitrogen and oxygen atoms in total. The van der Waals surface area contributed by atoms with Crippen molar-refractivity contribution in [2.24, 2.45) is 5.92 Å². The van der Waals surface area contributed by atoms with Gasteiger partial charge in [0, 0.05) is 19.6 Å². The van der Waals surface area contributed by atoms with Crippen LogP contribution in [0.4, 0.5) is 4.79 Å². The van der Waals surface area contributed by atoms with Crippen molar-refractivity contribution in [1.82, 2.24) is 10.2 Å². The number of likely N-dealkylation sites (tertiary alicyclic amines) is 1. The third-order valence-electron chi connectivity index (χ3n) is 3.08. The van der Waals surface area contributed by atoms with Crippen molar-refractivity contribution in [3.05, 3.63) is 0 Å². The van der Waals surface area contributed by atoms with E-state index in [9.17, 15) is 9.59 Å². The summed E-state index contributed by atoms with van der Waals surface area (Å²) in [5, 5.41) is 11.7. The van der Waals surface area contributed by atoms with Gasteiger partial charge >= 0.3 is 12.0 Å². The number of piperidine rings is 1. The quantitative estimate of drug-likeness (QED) is 0.722. The van der Waals surface area contributed by atoms with Crippen molar-refractivity contribution >= 4 is 23.8 Å². The summed E-state index contributed by atoms with van der Waals surface area (Å²) in [5.74, 6) is 1.15. The normalized spacial score (nSPS) is 16.6. The number of carboxylic acid groups (broad SMARTS) is 1. The van der Waals surface area contributed by atoms with Gasteiger partial charge in [-0.2, -0.15) is 11.8 Å². The molecule has 1 fully saturated rings. The summed E-state index contributed by atoms with van der Waals surface area (Å²) in [6.45, 7) is 3.92. The number of carbonyl (C=O) groups excluding carboxylic acids is 1. The fourth-order valence-electron chi connectivity index (χ4n) is 1.96. The van der Waals surface area contributed by atoms with Crippen LogP contribution in [0, 0.1) is 5.92 Å². The second kappa shape index (κ2) is 8.24. The van der Waals surface area contributed by atoms with Crippen LogP contribution in [0.1, 0.15) is 26.2 Å². The van der Waals surface area contributed by atoms with E-state index in [1.165, 1.54) is 0 Å². The number of aliphatic carboxylic acids is 1. The maximum atomic E-state index is 11.8. The highest BCUT2D eigenvalue weighted by atomic mass is 32.2. The number of thioether (sulfide) groups is 1. The smallest absolute Gasteiger partial charge is 0.317 e. The molecule has 1 saturated heterocycles. The van der Waals surface area contributed by atoms with Crippen LogP contribution < -0.4 is 5.32 Å². The van der Waals surface area contributed by atoms with Gasteiger partial charge in [-0.05, 0) is 30.8 Å². The van der Waals surface area contributed by atoms with Crippen molar-refractivity contribution in [2.75, 3.05) is 31.1 Å². The first kappa shape index (κ1) is 15.1. The molecule has 1 rings (SSSR count). The average molecular weight is 274 g/mol. The molecule has 0 bridgehead atoms. The molecule has 1 heterocycles. The molecule has 0 aromatic heterocycles. The molecule has 0 radical (unpaired) electrons. The number of carbonyl (C=O) groups is 2. The molecule has 0 spiro atoms. The van der Waals surface area contributed by atoms with E-state index in [-0.39, 0.29) is 11.9 Å². The Labute approximate surface area is 112 Å². The van der Waals surface area contributed by atoms with Crippen LogP contribution in [0.5, 0.6) is 0 Å². The number of hydrogen-bond donors (Lipinski definition) is 2. The van der Waals surface area contributed by atoms with Crippen LogP contribution in [0.2, 0.25) is 0 Å². The molecule has 1 aliphatic rings. The van der Waals surface area contributed by atoms with E-state index in [4.69, 9.17) is 5.11 Å². The van der Waals surface area contributed by atoms with E-state index in [1.807, 2.05) is 11.8 Å². The molecule has 0 aromatic carbocycles. The van der Waals surface area contributed by atoms with Crippen LogP contribution in [0.3, 0.4) is 0 Å². The van der Waals surface area contributed by atoms with Gasteiger partial charge in [-0.15, -0.1) is 0 Å². The summed E-state index contributed by atoms with van der Waals surface area (Å²) in [6.07, 6.45) is 2.11. The lowest BCUT2D eigenvalue weighted by Gasteiger charge is -2.30. The molecule has 104 valence electrons. The topological polar surface area (TPSA) is 69.6 Å². The Hall–Kier alpha value is -0.910. The van der Waals surface area contributed by atoms with Crippen LogP contribution in [0.15, 0.2) is 0 Å². The number of carboxylic acids is 1. The minimum absolute atomic E-state index is 0.0552. The van der Waals surface area contributed by atoms with Crippen LogP contribution in [0.25, 0.3) is 0 Å². The minimum Gasteiger partial charge on any atom is -0.481 e. The fraction of sp³-hybridized carbons (Fsp3) is 0.833. The summed E-state index contributed by atoms with van der Waals surface area (Å²) in [5.41, 5.74) is 0. The lowest BCUT2D eigenvalue weighted by Crippen LogP contribution is -2.45. The van der Waals surface area contributed by atoms with Gasteiger partial charge in [0.25, 0.3) is 0 Å². The predicted octanol–water partition coefficient (Wildman–Crippen LogP) is 1.64. The number of amides is 2. The van der Waals surface area contributed by atoms with Crippen LogP contribution in [-0.2, 0) is 4.79 Å². The molecule has 1 aliphatic heterocycles. The predicted molar refractivity (Wildman–Crippen MR) is 72.9 cm³/mol. The van der Waals surface area contributed by atoms with Gasteiger partial charge < -0.3 is 15.3 Å². The van der Waals surface area contributed by atoms with Gasteiger partial charge in [-0.3, -0.25) is 4.79 Å². The van der Waals surface area contributed by atoms with Crippen LogP contribution in [-0.4, -0.2) is 53.1 Å². The van der Waals surface area contributed by atoms with Gasteiger partial charge in [0.1, 0.15) is 0 Å². The Morgan fingerprint density at radius 2 is 2.06 bits per heavy atom. The lowest BCUT2D eigenvalue weighted by molar-refractivity contribution is -0.143. The Kier molecular flexibility index (Phi) is 6.93. The molecule has 0 aliphatic carbocycles. The van der Waals surface area contributed by atoms with E-state index in [0.29, 0.717) is 32.5 Å². The van der Waals surface area contributed by atoms with E-state index < -0.39 is 5.97 Å². The minimum atomic E-state index is -0.744. The molecule has 0 unspecified atom stereocenters. The molecule has 0 aromatic rings. The van der Waals surface area contributed by atoms with Crippen molar-refractivity contribution in [2.45, 2.75) is 26.2 Å². The standard InChI is InChI=1S/C12H22N2O3S/c1-2-18-9-3-6-13-12(17)14-7-4-10(5-8-14)11(15)16/h10H,2-9H2,1H3,(H,13,17)(H,15,16). The SMILES string of the molecule is CCSCCCNC(=O)N1CCC(C(=O)O)CC1. The number of rotatable bonds is 6. The highest BCUT2D eigenvalue weighted by molar-refractivity contribution is 7.99. The second-order valence-electron chi connectivity index (χ2n) is 4.38. The maximum Gasteiger partial charge on any atom is 0.317 e. The van der Waals surface area contributed by atoms with Crippen molar-refractivity contribution in [1.29, 1.82) is 0 Å². The third-order valence-corrected chi connectivity index (χ3v) is 4.06. The van der Waals surface area contributed by atoms with Gasteiger partial charge in [-0.1, -0.05) is 6.92 Å². The van der Waals surface area contributed by atoms with Gasteiger partial charge in [0.2, 0.25) is 0 Å².